The average molecular weight is 263 g/mol. The first-order chi connectivity index (χ1) is 8.93. The second kappa shape index (κ2) is 6.68. The van der Waals surface area contributed by atoms with Crippen LogP contribution in [0.15, 0.2) is 24.8 Å². The van der Waals surface area contributed by atoms with Crippen LogP contribution in [0.3, 0.4) is 0 Å². The summed E-state index contributed by atoms with van der Waals surface area (Å²) in [5.41, 5.74) is 1.27. The fraction of sp³-hybridized carbons (Fsp3) is 0.357. The van der Waals surface area contributed by atoms with E-state index in [9.17, 15) is 9.59 Å². The lowest BCUT2D eigenvalue weighted by atomic mass is 10.1. The normalized spacial score (nSPS) is 13.2. The molecule has 1 aromatic rings. The molecule has 0 aliphatic heterocycles. The van der Waals surface area contributed by atoms with Gasteiger partial charge in [-0.2, -0.15) is 0 Å². The molecule has 0 radical (unpaired) electrons. The van der Waals surface area contributed by atoms with Gasteiger partial charge in [-0.05, 0) is 25.1 Å². The molecule has 5 nitrogen and oxygen atoms in total. The molecule has 0 bridgehead atoms. The SMILES string of the molecule is C=Cc1cccc(C(C)C(=O)OC(C)OC(C)=O)n1. The highest BCUT2D eigenvalue weighted by Crippen LogP contribution is 2.16. The number of rotatable bonds is 5. The molecule has 1 heterocycles. The topological polar surface area (TPSA) is 65.5 Å². The van der Waals surface area contributed by atoms with Crippen molar-refractivity contribution in [2.75, 3.05) is 0 Å². The van der Waals surface area contributed by atoms with Crippen LogP contribution in [0.1, 0.15) is 38.1 Å². The van der Waals surface area contributed by atoms with E-state index in [1.165, 1.54) is 13.8 Å². The van der Waals surface area contributed by atoms with Gasteiger partial charge in [0.05, 0.1) is 17.3 Å². The van der Waals surface area contributed by atoms with Crippen LogP contribution >= 0.6 is 0 Å². The van der Waals surface area contributed by atoms with Gasteiger partial charge in [-0.1, -0.05) is 12.6 Å². The van der Waals surface area contributed by atoms with Gasteiger partial charge in [0.1, 0.15) is 0 Å². The Morgan fingerprint density at radius 1 is 1.32 bits per heavy atom. The molecule has 0 saturated heterocycles. The Kier molecular flexibility index (Phi) is 5.23. The average Bonchev–Trinajstić information content (AvgIpc) is 2.36. The Labute approximate surface area is 112 Å². The molecule has 1 rings (SSSR count). The number of aromatic nitrogens is 1. The fourth-order valence-electron chi connectivity index (χ4n) is 1.47. The quantitative estimate of drug-likeness (QED) is 0.602. The number of carbonyl (C=O) groups is 2. The van der Waals surface area contributed by atoms with Crippen LogP contribution < -0.4 is 0 Å². The minimum Gasteiger partial charge on any atom is -0.426 e. The van der Waals surface area contributed by atoms with Crippen molar-refractivity contribution in [3.63, 3.8) is 0 Å². The molecule has 0 aromatic carbocycles. The minimum atomic E-state index is -0.907. The Balaban J connectivity index is 2.70. The number of esters is 2. The van der Waals surface area contributed by atoms with Crippen molar-refractivity contribution in [3.05, 3.63) is 36.2 Å². The molecule has 0 aliphatic carbocycles. The number of hydrogen-bond acceptors (Lipinski definition) is 5. The van der Waals surface area contributed by atoms with Crippen molar-refractivity contribution in [2.45, 2.75) is 33.0 Å². The summed E-state index contributed by atoms with van der Waals surface area (Å²) in [6.07, 6.45) is 0.693. The van der Waals surface area contributed by atoms with Gasteiger partial charge < -0.3 is 9.47 Å². The first kappa shape index (κ1) is 14.9. The van der Waals surface area contributed by atoms with Crippen molar-refractivity contribution in [3.8, 4) is 0 Å². The maximum atomic E-state index is 11.9. The zero-order chi connectivity index (χ0) is 14.4. The first-order valence-corrected chi connectivity index (χ1v) is 5.91. The van der Waals surface area contributed by atoms with E-state index in [1.807, 2.05) is 0 Å². The standard InChI is InChI=1S/C14H17NO4/c1-5-12-7-6-8-13(15-12)9(2)14(17)19-11(4)18-10(3)16/h5-9,11H,1H2,2-4H3. The summed E-state index contributed by atoms with van der Waals surface area (Å²) in [6, 6.07) is 5.31. The molecule has 102 valence electrons. The van der Waals surface area contributed by atoms with E-state index in [2.05, 4.69) is 11.6 Å². The highest BCUT2D eigenvalue weighted by atomic mass is 16.7. The van der Waals surface area contributed by atoms with Gasteiger partial charge in [0.15, 0.2) is 0 Å². The number of ether oxygens (including phenoxy) is 2. The Morgan fingerprint density at radius 3 is 2.58 bits per heavy atom. The largest absolute Gasteiger partial charge is 0.426 e. The molecule has 0 saturated carbocycles. The molecule has 2 atom stereocenters. The van der Waals surface area contributed by atoms with E-state index in [0.717, 1.165) is 0 Å². The molecule has 0 spiro atoms. The Morgan fingerprint density at radius 2 is 2.00 bits per heavy atom. The van der Waals surface area contributed by atoms with Crippen molar-refractivity contribution < 1.29 is 19.1 Å². The van der Waals surface area contributed by atoms with Crippen LogP contribution in [0, 0.1) is 0 Å². The minimum absolute atomic E-state index is 0.498. The lowest BCUT2D eigenvalue weighted by Gasteiger charge is -2.16. The van der Waals surface area contributed by atoms with Gasteiger partial charge in [0, 0.05) is 13.8 Å². The van der Waals surface area contributed by atoms with Gasteiger partial charge in [-0.15, -0.1) is 0 Å². The third-order valence-electron chi connectivity index (χ3n) is 2.41. The van der Waals surface area contributed by atoms with E-state index >= 15 is 0 Å². The highest BCUT2D eigenvalue weighted by molar-refractivity contribution is 5.77. The number of carbonyl (C=O) groups excluding carboxylic acids is 2. The molecule has 0 N–H and O–H groups in total. The summed E-state index contributed by atoms with van der Waals surface area (Å²) in [5, 5.41) is 0. The maximum Gasteiger partial charge on any atom is 0.317 e. The Hall–Kier alpha value is -2.17. The van der Waals surface area contributed by atoms with Crippen LogP contribution in [-0.2, 0) is 19.1 Å². The van der Waals surface area contributed by atoms with E-state index in [1.54, 1.807) is 31.2 Å². The summed E-state index contributed by atoms with van der Waals surface area (Å²) < 4.78 is 9.74. The monoisotopic (exact) mass is 263 g/mol. The van der Waals surface area contributed by atoms with Gasteiger partial charge in [-0.3, -0.25) is 14.6 Å². The summed E-state index contributed by atoms with van der Waals surface area (Å²) in [4.78, 5) is 26.8. The lowest BCUT2D eigenvalue weighted by Crippen LogP contribution is -2.24. The van der Waals surface area contributed by atoms with Crippen LogP contribution in [0.25, 0.3) is 6.08 Å². The summed E-state index contributed by atoms with van der Waals surface area (Å²) in [7, 11) is 0. The molecular formula is C14H17NO4. The van der Waals surface area contributed by atoms with Crippen molar-refractivity contribution in [1.29, 1.82) is 0 Å². The summed E-state index contributed by atoms with van der Waals surface area (Å²) in [5.74, 6) is -1.54. The van der Waals surface area contributed by atoms with E-state index in [0.29, 0.717) is 11.4 Å². The van der Waals surface area contributed by atoms with Crippen molar-refractivity contribution >= 4 is 18.0 Å². The summed E-state index contributed by atoms with van der Waals surface area (Å²) in [6.45, 7) is 8.04. The van der Waals surface area contributed by atoms with Gasteiger partial charge in [0.25, 0.3) is 0 Å². The second-order valence-electron chi connectivity index (χ2n) is 4.03. The maximum absolute atomic E-state index is 11.9. The highest BCUT2D eigenvalue weighted by Gasteiger charge is 2.21. The lowest BCUT2D eigenvalue weighted by molar-refractivity contribution is -0.183. The molecule has 2 unspecified atom stereocenters. The van der Waals surface area contributed by atoms with Gasteiger partial charge in [0.2, 0.25) is 6.29 Å². The first-order valence-electron chi connectivity index (χ1n) is 5.91. The zero-order valence-corrected chi connectivity index (χ0v) is 11.3. The second-order valence-corrected chi connectivity index (χ2v) is 4.03. The summed E-state index contributed by atoms with van der Waals surface area (Å²) >= 11 is 0. The zero-order valence-electron chi connectivity index (χ0n) is 11.3. The Bertz CT molecular complexity index is 484. The molecule has 19 heavy (non-hydrogen) atoms. The predicted molar refractivity (Wildman–Crippen MR) is 70.1 cm³/mol. The smallest absolute Gasteiger partial charge is 0.317 e. The van der Waals surface area contributed by atoms with Gasteiger partial charge >= 0.3 is 11.9 Å². The molecular weight excluding hydrogens is 246 g/mol. The van der Waals surface area contributed by atoms with E-state index in [4.69, 9.17) is 9.47 Å². The van der Waals surface area contributed by atoms with Gasteiger partial charge in [-0.25, -0.2) is 0 Å². The van der Waals surface area contributed by atoms with Crippen LogP contribution in [0.2, 0.25) is 0 Å². The molecule has 0 amide bonds. The van der Waals surface area contributed by atoms with Crippen LogP contribution in [0.5, 0.6) is 0 Å². The number of nitrogens with zero attached hydrogens (tertiary/aromatic N) is 1. The van der Waals surface area contributed by atoms with Crippen LogP contribution in [-0.4, -0.2) is 23.2 Å². The van der Waals surface area contributed by atoms with E-state index in [-0.39, 0.29) is 0 Å². The molecule has 5 heteroatoms. The third kappa shape index (κ3) is 4.54. The van der Waals surface area contributed by atoms with Crippen molar-refractivity contribution in [2.24, 2.45) is 0 Å². The number of pyridine rings is 1. The molecule has 0 fully saturated rings. The number of hydrogen-bond donors (Lipinski definition) is 0. The molecule has 1 aromatic heterocycles. The third-order valence-corrected chi connectivity index (χ3v) is 2.41. The van der Waals surface area contributed by atoms with Crippen LogP contribution in [0.4, 0.5) is 0 Å². The molecule has 0 aliphatic rings. The predicted octanol–water partition coefficient (Wildman–Crippen LogP) is 2.28. The fourth-order valence-corrected chi connectivity index (χ4v) is 1.47. The van der Waals surface area contributed by atoms with Crippen molar-refractivity contribution in [1.82, 2.24) is 4.98 Å². The van der Waals surface area contributed by atoms with E-state index < -0.39 is 24.1 Å².